The van der Waals surface area contributed by atoms with E-state index >= 15 is 0 Å². The first-order chi connectivity index (χ1) is 11.0. The smallest absolute Gasteiger partial charge is 0.423 e. The van der Waals surface area contributed by atoms with Crippen LogP contribution < -0.4 is 5.46 Å². The lowest BCUT2D eigenvalue weighted by atomic mass is 9.80. The molecule has 1 aliphatic heterocycles. The Labute approximate surface area is 144 Å². The Hall–Kier alpha value is -0.955. The van der Waals surface area contributed by atoms with Crippen molar-refractivity contribution >= 4 is 12.6 Å². The summed E-state index contributed by atoms with van der Waals surface area (Å²) in [6.45, 7) is 10.7. The highest BCUT2D eigenvalue weighted by atomic mass is 16.5. The van der Waals surface area contributed by atoms with E-state index in [0.717, 1.165) is 32.8 Å². The highest BCUT2D eigenvalue weighted by molar-refractivity contribution is 6.58. The van der Waals surface area contributed by atoms with Crippen LogP contribution in [0, 0.1) is 0 Å². The molecule has 6 nitrogen and oxygen atoms in total. The van der Waals surface area contributed by atoms with E-state index in [1.54, 1.807) is 39.8 Å². The van der Waals surface area contributed by atoms with Gasteiger partial charge >= 0.3 is 7.12 Å². The van der Waals surface area contributed by atoms with Gasteiger partial charge in [0.05, 0.1) is 24.4 Å². The van der Waals surface area contributed by atoms with Crippen molar-refractivity contribution in [3.8, 4) is 0 Å². The average molecular weight is 339 g/mol. The minimum atomic E-state index is -1.38. The van der Waals surface area contributed by atoms with E-state index in [9.17, 15) is 0 Å². The number of ether oxygens (including phenoxy) is 1. The van der Waals surface area contributed by atoms with Gasteiger partial charge in [0.1, 0.15) is 0 Å². The quantitative estimate of drug-likeness (QED) is 0.564. The van der Waals surface area contributed by atoms with Crippen molar-refractivity contribution in [2.24, 2.45) is 0 Å². The van der Waals surface area contributed by atoms with Gasteiger partial charge in [0, 0.05) is 19.6 Å². The largest absolute Gasteiger partial charge is 0.488 e. The maximum absolute atomic E-state index is 9.10. The van der Waals surface area contributed by atoms with E-state index in [1.807, 2.05) is 12.1 Å². The fourth-order valence-corrected chi connectivity index (χ4v) is 1.81. The van der Waals surface area contributed by atoms with Crippen LogP contribution in [0.5, 0.6) is 0 Å². The van der Waals surface area contributed by atoms with Gasteiger partial charge < -0.3 is 25.0 Å². The molecule has 1 saturated heterocycles. The predicted molar refractivity (Wildman–Crippen MR) is 95.0 cm³/mol. The average Bonchev–Trinajstić information content (AvgIpc) is 2.47. The van der Waals surface area contributed by atoms with Crippen LogP contribution in [-0.4, -0.2) is 69.8 Å². The standard InChI is InChI=1S/C11H16BNO3.C6H14O2/c14-12(15)11-3-1-10(2-4-11)9-13-5-7-16-8-6-13;1-5(2,7)6(3,4)8/h1-4,14-15H,5-9H2;7-8H,1-4H3. The summed E-state index contributed by atoms with van der Waals surface area (Å²) in [5, 5.41) is 36.1. The molecule has 0 atom stereocenters. The summed E-state index contributed by atoms with van der Waals surface area (Å²) in [7, 11) is -1.38. The summed E-state index contributed by atoms with van der Waals surface area (Å²) in [4.78, 5) is 2.33. The van der Waals surface area contributed by atoms with Gasteiger partial charge in [0.25, 0.3) is 0 Å². The topological polar surface area (TPSA) is 93.4 Å². The summed E-state index contributed by atoms with van der Waals surface area (Å²) >= 11 is 0. The highest BCUT2D eigenvalue weighted by Crippen LogP contribution is 2.19. The third kappa shape index (κ3) is 7.30. The molecule has 0 unspecified atom stereocenters. The van der Waals surface area contributed by atoms with Crippen molar-refractivity contribution in [3.05, 3.63) is 29.8 Å². The first kappa shape index (κ1) is 21.1. The zero-order chi connectivity index (χ0) is 18.4. The number of aliphatic hydroxyl groups is 2. The Morgan fingerprint density at radius 1 is 0.958 bits per heavy atom. The monoisotopic (exact) mass is 339 g/mol. The van der Waals surface area contributed by atoms with E-state index in [2.05, 4.69) is 4.90 Å². The normalized spacial score (nSPS) is 16.3. The summed E-state index contributed by atoms with van der Waals surface area (Å²) in [6, 6.07) is 7.37. The van der Waals surface area contributed by atoms with Crippen molar-refractivity contribution in [2.75, 3.05) is 26.3 Å². The Kier molecular flexibility index (Phi) is 7.86. The van der Waals surface area contributed by atoms with Crippen LogP contribution in [0.2, 0.25) is 0 Å². The van der Waals surface area contributed by atoms with E-state index in [4.69, 9.17) is 25.0 Å². The first-order valence-corrected chi connectivity index (χ1v) is 8.20. The number of hydrogen-bond donors (Lipinski definition) is 4. The lowest BCUT2D eigenvalue weighted by molar-refractivity contribution is -0.107. The summed E-state index contributed by atoms with van der Waals surface area (Å²) in [5.74, 6) is 0. The molecule has 1 aliphatic rings. The fourth-order valence-electron chi connectivity index (χ4n) is 1.81. The van der Waals surface area contributed by atoms with Gasteiger partial charge in [-0.25, -0.2) is 0 Å². The maximum Gasteiger partial charge on any atom is 0.488 e. The number of benzene rings is 1. The molecule has 7 heteroatoms. The second-order valence-electron chi connectivity index (χ2n) is 7.12. The summed E-state index contributed by atoms with van der Waals surface area (Å²) < 4.78 is 5.28. The number of morpholine rings is 1. The van der Waals surface area contributed by atoms with Crippen molar-refractivity contribution < 1.29 is 25.0 Å². The van der Waals surface area contributed by atoms with Gasteiger partial charge in [-0.3, -0.25) is 4.90 Å². The van der Waals surface area contributed by atoms with Crippen LogP contribution in [0.15, 0.2) is 24.3 Å². The second kappa shape index (κ2) is 8.94. The Morgan fingerprint density at radius 3 is 1.79 bits per heavy atom. The SMILES string of the molecule is CC(C)(O)C(C)(C)O.OB(O)c1ccc(CN2CCOCC2)cc1. The van der Waals surface area contributed by atoms with Gasteiger partial charge in [-0.1, -0.05) is 24.3 Å². The minimum absolute atomic E-state index is 0.533. The molecule has 24 heavy (non-hydrogen) atoms. The summed E-state index contributed by atoms with van der Waals surface area (Å²) in [5.41, 5.74) is -0.294. The molecule has 0 amide bonds. The molecule has 0 radical (unpaired) electrons. The lowest BCUT2D eigenvalue weighted by Gasteiger charge is -2.31. The Bertz CT molecular complexity index is 461. The maximum atomic E-state index is 9.10. The van der Waals surface area contributed by atoms with E-state index < -0.39 is 18.3 Å². The second-order valence-corrected chi connectivity index (χ2v) is 7.12. The number of hydrogen-bond acceptors (Lipinski definition) is 6. The molecule has 1 aromatic rings. The Balaban J connectivity index is 0.000000307. The number of nitrogens with zero attached hydrogens (tertiary/aromatic N) is 1. The number of rotatable bonds is 4. The molecule has 0 aliphatic carbocycles. The Morgan fingerprint density at radius 2 is 1.42 bits per heavy atom. The first-order valence-electron chi connectivity index (χ1n) is 8.20. The van der Waals surface area contributed by atoms with Crippen LogP contribution in [-0.2, 0) is 11.3 Å². The van der Waals surface area contributed by atoms with Gasteiger partial charge in [-0.15, -0.1) is 0 Å². The molecule has 1 heterocycles. The van der Waals surface area contributed by atoms with Crippen LogP contribution in [0.1, 0.15) is 33.3 Å². The van der Waals surface area contributed by atoms with Crippen LogP contribution >= 0.6 is 0 Å². The molecule has 0 aromatic heterocycles. The molecule has 0 saturated carbocycles. The van der Waals surface area contributed by atoms with Crippen molar-refractivity contribution in [1.29, 1.82) is 0 Å². The van der Waals surface area contributed by atoms with Crippen LogP contribution in [0.4, 0.5) is 0 Å². The summed E-state index contributed by atoms with van der Waals surface area (Å²) in [6.07, 6.45) is 0. The molecular formula is C17H30BNO5. The molecule has 4 N–H and O–H groups in total. The molecule has 2 rings (SSSR count). The van der Waals surface area contributed by atoms with E-state index in [1.165, 1.54) is 5.56 Å². The zero-order valence-electron chi connectivity index (χ0n) is 15.1. The molecule has 136 valence electrons. The molecular weight excluding hydrogens is 309 g/mol. The third-order valence-corrected chi connectivity index (χ3v) is 4.28. The van der Waals surface area contributed by atoms with Crippen molar-refractivity contribution in [2.45, 2.75) is 45.4 Å². The molecule has 1 fully saturated rings. The van der Waals surface area contributed by atoms with Crippen LogP contribution in [0.3, 0.4) is 0 Å². The van der Waals surface area contributed by atoms with Gasteiger partial charge in [0.2, 0.25) is 0 Å². The molecule has 0 spiro atoms. The van der Waals surface area contributed by atoms with Crippen molar-refractivity contribution in [3.63, 3.8) is 0 Å². The van der Waals surface area contributed by atoms with E-state index in [0.29, 0.717) is 5.46 Å². The highest BCUT2D eigenvalue weighted by Gasteiger charge is 2.31. The van der Waals surface area contributed by atoms with Gasteiger partial charge in [-0.05, 0) is 38.7 Å². The van der Waals surface area contributed by atoms with Gasteiger partial charge in [0.15, 0.2) is 0 Å². The third-order valence-electron chi connectivity index (χ3n) is 4.28. The fraction of sp³-hybridized carbons (Fsp3) is 0.647. The van der Waals surface area contributed by atoms with Gasteiger partial charge in [-0.2, -0.15) is 0 Å². The van der Waals surface area contributed by atoms with Crippen LogP contribution in [0.25, 0.3) is 0 Å². The molecule has 0 bridgehead atoms. The van der Waals surface area contributed by atoms with E-state index in [-0.39, 0.29) is 0 Å². The lowest BCUT2D eigenvalue weighted by Crippen LogP contribution is -2.44. The van der Waals surface area contributed by atoms with Crippen molar-refractivity contribution in [1.82, 2.24) is 4.90 Å². The molecule has 1 aromatic carbocycles. The zero-order valence-corrected chi connectivity index (χ0v) is 15.1. The minimum Gasteiger partial charge on any atom is -0.423 e. The predicted octanol–water partition coefficient (Wildman–Crippen LogP) is -0.273.